The lowest BCUT2D eigenvalue weighted by Crippen LogP contribution is -2.54. The maximum atomic E-state index is 5.42. The summed E-state index contributed by atoms with van der Waals surface area (Å²) >= 11 is 5.01. The second-order valence-electron chi connectivity index (χ2n) is 7.19. The van der Waals surface area contributed by atoms with Gasteiger partial charge in [-0.2, -0.15) is 0 Å². The number of aliphatic imine (C=N–C) groups is 1. The first-order chi connectivity index (χ1) is 12.7. The fraction of sp³-hybridized carbons (Fsp3) is 0.429. The molecule has 5 atom stereocenters. The van der Waals surface area contributed by atoms with Gasteiger partial charge in [-0.25, -0.2) is 4.99 Å². The number of nitrogens with zero attached hydrogens (tertiary/aromatic N) is 3. The molecule has 3 aliphatic rings. The highest BCUT2D eigenvalue weighted by molar-refractivity contribution is 7.78. The Kier molecular flexibility index (Phi) is 4.86. The summed E-state index contributed by atoms with van der Waals surface area (Å²) in [6.45, 7) is 6.21. The van der Waals surface area contributed by atoms with Gasteiger partial charge in [0.05, 0.1) is 17.8 Å². The summed E-state index contributed by atoms with van der Waals surface area (Å²) in [4.78, 5) is 11.7. The summed E-state index contributed by atoms with van der Waals surface area (Å²) in [6.07, 6.45) is 6.35. The Morgan fingerprint density at radius 1 is 1.46 bits per heavy atom. The second-order valence-corrected chi connectivity index (χ2v) is 7.38. The van der Waals surface area contributed by atoms with E-state index in [9.17, 15) is 0 Å². The van der Waals surface area contributed by atoms with Gasteiger partial charge in [0.25, 0.3) is 0 Å². The van der Waals surface area contributed by atoms with E-state index in [1.54, 1.807) is 7.11 Å². The first-order valence-electron chi connectivity index (χ1n) is 9.11. The third-order valence-corrected chi connectivity index (χ3v) is 6.12. The van der Waals surface area contributed by atoms with Crippen molar-refractivity contribution < 1.29 is 4.74 Å². The SMILES string of the molecule is C=CC1CN2CCC1CC2C(N=C=S)c1ccnc2ccc(OC)cc12. The normalized spacial score (nSPS) is 28.3. The molecule has 0 amide bonds. The Balaban J connectivity index is 1.77. The highest BCUT2D eigenvalue weighted by Crippen LogP contribution is 2.43. The Bertz CT molecular complexity index is 877. The zero-order valence-corrected chi connectivity index (χ0v) is 15.8. The van der Waals surface area contributed by atoms with Crippen LogP contribution >= 0.6 is 12.2 Å². The molecule has 2 bridgehead atoms. The Morgan fingerprint density at radius 3 is 3.04 bits per heavy atom. The molecule has 1 aromatic carbocycles. The standard InChI is InChI=1S/C21H23N3OS/c1-3-14-12-24-9-7-15(14)10-20(24)21(23-13-26)17-6-8-22-19-5-4-16(25-2)11-18(17)19/h3-6,8,11,14-15,20-21H,1,7,9-10,12H2,2H3. The molecule has 3 fully saturated rings. The van der Waals surface area contributed by atoms with Crippen LogP contribution in [0.25, 0.3) is 10.9 Å². The number of hydrogen-bond acceptors (Lipinski definition) is 5. The number of aromatic nitrogens is 1. The van der Waals surface area contributed by atoms with Crippen LogP contribution in [0, 0.1) is 11.8 Å². The minimum atomic E-state index is -0.0290. The van der Waals surface area contributed by atoms with Crippen molar-refractivity contribution in [2.24, 2.45) is 16.8 Å². The van der Waals surface area contributed by atoms with Crippen molar-refractivity contribution in [1.82, 2.24) is 9.88 Å². The van der Waals surface area contributed by atoms with Crippen LogP contribution in [0.1, 0.15) is 24.4 Å². The molecule has 2 aromatic rings. The predicted molar refractivity (Wildman–Crippen MR) is 108 cm³/mol. The van der Waals surface area contributed by atoms with E-state index in [0.29, 0.717) is 17.9 Å². The summed E-state index contributed by atoms with van der Waals surface area (Å²) in [6, 6.07) is 8.37. The van der Waals surface area contributed by atoms with Crippen molar-refractivity contribution in [2.75, 3.05) is 20.2 Å². The third kappa shape index (κ3) is 2.96. The van der Waals surface area contributed by atoms with Gasteiger partial charge in [-0.15, -0.1) is 6.58 Å². The Labute approximate surface area is 159 Å². The highest BCUT2D eigenvalue weighted by atomic mass is 32.1. The van der Waals surface area contributed by atoms with Gasteiger partial charge in [0.15, 0.2) is 0 Å². The van der Waals surface area contributed by atoms with Crippen molar-refractivity contribution in [2.45, 2.75) is 24.9 Å². The molecule has 3 aliphatic heterocycles. The molecule has 3 saturated heterocycles. The third-order valence-electron chi connectivity index (χ3n) is 6.01. The minimum absolute atomic E-state index is 0.0290. The van der Waals surface area contributed by atoms with Gasteiger partial charge in [0, 0.05) is 24.2 Å². The second kappa shape index (κ2) is 7.28. The number of isothiocyanates is 1. The van der Waals surface area contributed by atoms with Crippen LogP contribution in [0.15, 0.2) is 48.1 Å². The molecule has 5 heteroatoms. The lowest BCUT2D eigenvalue weighted by molar-refractivity contribution is 0.00801. The maximum Gasteiger partial charge on any atom is 0.119 e. The topological polar surface area (TPSA) is 37.7 Å². The monoisotopic (exact) mass is 365 g/mol. The van der Waals surface area contributed by atoms with Crippen molar-refractivity contribution in [3.63, 3.8) is 0 Å². The molecule has 0 aliphatic carbocycles. The van der Waals surface area contributed by atoms with Crippen molar-refractivity contribution in [1.29, 1.82) is 0 Å². The predicted octanol–water partition coefficient (Wildman–Crippen LogP) is 4.28. The molecule has 0 N–H and O–H groups in total. The average molecular weight is 366 g/mol. The number of methoxy groups -OCH3 is 1. The van der Waals surface area contributed by atoms with E-state index in [2.05, 4.69) is 38.8 Å². The Morgan fingerprint density at radius 2 is 2.35 bits per heavy atom. The van der Waals surface area contributed by atoms with Crippen molar-refractivity contribution >= 4 is 28.3 Å². The molecule has 4 nitrogen and oxygen atoms in total. The van der Waals surface area contributed by atoms with Crippen LogP contribution in [-0.2, 0) is 0 Å². The lowest BCUT2D eigenvalue weighted by atomic mass is 9.73. The minimum Gasteiger partial charge on any atom is -0.497 e. The molecule has 5 rings (SSSR count). The maximum absolute atomic E-state index is 5.42. The average Bonchev–Trinajstić information content (AvgIpc) is 2.71. The van der Waals surface area contributed by atoms with E-state index < -0.39 is 0 Å². The van der Waals surface area contributed by atoms with E-state index >= 15 is 0 Å². The zero-order valence-electron chi connectivity index (χ0n) is 15.0. The number of ether oxygens (including phenoxy) is 1. The number of thiocarbonyl (C=S) groups is 1. The number of benzene rings is 1. The molecule has 26 heavy (non-hydrogen) atoms. The van der Waals surface area contributed by atoms with Gasteiger partial charge in [-0.1, -0.05) is 6.08 Å². The number of rotatable bonds is 5. The van der Waals surface area contributed by atoms with E-state index in [1.165, 1.54) is 6.42 Å². The molecule has 0 spiro atoms. The van der Waals surface area contributed by atoms with Crippen LogP contribution < -0.4 is 4.74 Å². The zero-order chi connectivity index (χ0) is 18.1. The van der Waals surface area contributed by atoms with E-state index in [0.717, 1.165) is 41.7 Å². The molecule has 5 unspecified atom stereocenters. The molecule has 0 radical (unpaired) electrons. The fourth-order valence-corrected chi connectivity index (χ4v) is 4.77. The lowest BCUT2D eigenvalue weighted by Gasteiger charge is -2.50. The van der Waals surface area contributed by atoms with Gasteiger partial charge in [0.2, 0.25) is 0 Å². The summed E-state index contributed by atoms with van der Waals surface area (Å²) in [7, 11) is 1.69. The summed E-state index contributed by atoms with van der Waals surface area (Å²) in [5.74, 6) is 2.10. The van der Waals surface area contributed by atoms with Gasteiger partial charge in [-0.05, 0) is 73.3 Å². The first-order valence-corrected chi connectivity index (χ1v) is 9.52. The summed E-state index contributed by atoms with van der Waals surface area (Å²) in [5.41, 5.74) is 2.10. The van der Waals surface area contributed by atoms with Gasteiger partial charge >= 0.3 is 0 Å². The van der Waals surface area contributed by atoms with Gasteiger partial charge in [-0.3, -0.25) is 9.88 Å². The molecule has 0 saturated carbocycles. The summed E-state index contributed by atoms with van der Waals surface area (Å²) in [5, 5.41) is 3.73. The van der Waals surface area contributed by atoms with E-state index in [4.69, 9.17) is 17.0 Å². The quantitative estimate of drug-likeness (QED) is 0.450. The van der Waals surface area contributed by atoms with Crippen LogP contribution in [0.3, 0.4) is 0 Å². The summed E-state index contributed by atoms with van der Waals surface area (Å²) < 4.78 is 5.42. The Hall–Kier alpha value is -2.07. The van der Waals surface area contributed by atoms with Crippen LogP contribution in [0.5, 0.6) is 5.75 Å². The van der Waals surface area contributed by atoms with Crippen LogP contribution in [-0.4, -0.2) is 41.3 Å². The van der Waals surface area contributed by atoms with E-state index in [1.807, 2.05) is 24.4 Å². The molecule has 4 heterocycles. The number of pyridine rings is 1. The fourth-order valence-electron chi connectivity index (χ4n) is 4.66. The van der Waals surface area contributed by atoms with Gasteiger partial charge in [0.1, 0.15) is 11.8 Å². The highest BCUT2D eigenvalue weighted by Gasteiger charge is 2.42. The number of hydrogen-bond donors (Lipinski definition) is 0. The van der Waals surface area contributed by atoms with E-state index in [-0.39, 0.29) is 6.04 Å². The van der Waals surface area contributed by atoms with Crippen LogP contribution in [0.4, 0.5) is 0 Å². The van der Waals surface area contributed by atoms with Crippen molar-refractivity contribution in [3.8, 4) is 5.75 Å². The van der Waals surface area contributed by atoms with Crippen LogP contribution in [0.2, 0.25) is 0 Å². The molecule has 1 aromatic heterocycles. The largest absolute Gasteiger partial charge is 0.497 e. The van der Waals surface area contributed by atoms with Gasteiger partial charge < -0.3 is 4.74 Å². The first kappa shape index (κ1) is 17.3. The molecular weight excluding hydrogens is 342 g/mol. The number of piperidine rings is 3. The smallest absolute Gasteiger partial charge is 0.119 e. The molecular formula is C21H23N3OS. The molecule has 134 valence electrons. The van der Waals surface area contributed by atoms with Crippen molar-refractivity contribution in [3.05, 3.63) is 48.7 Å². The number of fused-ring (bicyclic) bond motifs is 4.